The molecule has 1 aromatic carbocycles. The second-order valence-electron chi connectivity index (χ2n) is 5.92. The molecule has 0 radical (unpaired) electrons. The Bertz CT molecular complexity index is 591. The average molecular weight is 418 g/mol. The predicted octanol–water partition coefficient (Wildman–Crippen LogP) is 3.43. The van der Waals surface area contributed by atoms with E-state index in [1.165, 1.54) is 12.8 Å². The number of hydrogen-bond donors (Lipinski definition) is 2. The fourth-order valence-corrected chi connectivity index (χ4v) is 3.40. The molecule has 0 heterocycles. The molecule has 1 fully saturated rings. The fraction of sp³-hybridized carbons (Fsp3) is 0.529. The third-order valence-electron chi connectivity index (χ3n) is 3.94. The summed E-state index contributed by atoms with van der Waals surface area (Å²) < 4.78 is 6.29. The van der Waals surface area contributed by atoms with Gasteiger partial charge in [-0.2, -0.15) is 0 Å². The summed E-state index contributed by atoms with van der Waals surface area (Å²) in [6.45, 7) is 1.96. The lowest BCUT2D eigenvalue weighted by molar-refractivity contribution is -0.127. The summed E-state index contributed by atoms with van der Waals surface area (Å²) in [5.41, 5.74) is 0. The third-order valence-corrected chi connectivity index (χ3v) is 4.79. The molecule has 7 heteroatoms. The molecule has 0 aromatic heterocycles. The Morgan fingerprint density at radius 3 is 2.75 bits per heavy atom. The van der Waals surface area contributed by atoms with Crippen molar-refractivity contribution in [2.45, 2.75) is 51.2 Å². The standard InChI is InChI=1S/C17H22BrClN2O3/c1-11(24-15-7-6-12(19)10-14(15)18)17(23)20-9-8-16(22)21-13-4-2-3-5-13/h6-7,10-11,13H,2-5,8-9H2,1H3,(H,20,23)(H,21,22). The maximum Gasteiger partial charge on any atom is 0.260 e. The van der Waals surface area contributed by atoms with Crippen molar-refractivity contribution in [2.24, 2.45) is 0 Å². The molecule has 2 amide bonds. The van der Waals surface area contributed by atoms with Gasteiger partial charge in [-0.15, -0.1) is 0 Å². The highest BCUT2D eigenvalue weighted by molar-refractivity contribution is 9.10. The maximum absolute atomic E-state index is 12.0. The SMILES string of the molecule is CC(Oc1ccc(Cl)cc1Br)C(=O)NCCC(=O)NC1CCCC1. The second kappa shape index (κ2) is 9.28. The van der Waals surface area contributed by atoms with Gasteiger partial charge >= 0.3 is 0 Å². The van der Waals surface area contributed by atoms with E-state index < -0.39 is 6.10 Å². The molecule has 0 saturated heterocycles. The molecule has 132 valence electrons. The normalized spacial score (nSPS) is 15.8. The fourth-order valence-electron chi connectivity index (χ4n) is 2.63. The van der Waals surface area contributed by atoms with Crippen LogP contribution in [-0.4, -0.2) is 30.5 Å². The van der Waals surface area contributed by atoms with Crippen molar-refractivity contribution in [1.82, 2.24) is 10.6 Å². The van der Waals surface area contributed by atoms with Crippen LogP contribution >= 0.6 is 27.5 Å². The van der Waals surface area contributed by atoms with Gasteiger partial charge in [-0.25, -0.2) is 0 Å². The lowest BCUT2D eigenvalue weighted by Crippen LogP contribution is -2.39. The Morgan fingerprint density at radius 2 is 2.08 bits per heavy atom. The van der Waals surface area contributed by atoms with Crippen molar-refractivity contribution in [1.29, 1.82) is 0 Å². The van der Waals surface area contributed by atoms with Crippen LogP contribution in [0, 0.1) is 0 Å². The Labute approximate surface area is 155 Å². The number of benzene rings is 1. The van der Waals surface area contributed by atoms with E-state index in [0.29, 0.717) is 27.8 Å². The van der Waals surface area contributed by atoms with Gasteiger partial charge in [-0.05, 0) is 53.9 Å². The molecule has 0 spiro atoms. The van der Waals surface area contributed by atoms with E-state index in [4.69, 9.17) is 16.3 Å². The van der Waals surface area contributed by atoms with E-state index in [9.17, 15) is 9.59 Å². The van der Waals surface area contributed by atoms with Gasteiger partial charge in [0.05, 0.1) is 4.47 Å². The van der Waals surface area contributed by atoms with Gasteiger partial charge in [0, 0.05) is 24.0 Å². The van der Waals surface area contributed by atoms with E-state index in [1.807, 2.05) is 0 Å². The zero-order valence-corrected chi connectivity index (χ0v) is 16.0. The minimum Gasteiger partial charge on any atom is -0.480 e. The molecule has 1 aliphatic carbocycles. The van der Waals surface area contributed by atoms with Crippen LogP contribution in [0.15, 0.2) is 22.7 Å². The highest BCUT2D eigenvalue weighted by Gasteiger charge is 2.18. The van der Waals surface area contributed by atoms with Crippen LogP contribution in [0.3, 0.4) is 0 Å². The number of ether oxygens (including phenoxy) is 1. The quantitative estimate of drug-likeness (QED) is 0.714. The third kappa shape index (κ3) is 5.98. The maximum atomic E-state index is 12.0. The van der Waals surface area contributed by atoms with Crippen LogP contribution < -0.4 is 15.4 Å². The molecule has 1 atom stereocenters. The molecule has 0 bridgehead atoms. The minimum atomic E-state index is -0.666. The van der Waals surface area contributed by atoms with Gasteiger partial charge in [0.2, 0.25) is 5.91 Å². The highest BCUT2D eigenvalue weighted by Crippen LogP contribution is 2.28. The molecule has 1 aliphatic rings. The van der Waals surface area contributed by atoms with Crippen LogP contribution in [-0.2, 0) is 9.59 Å². The number of carbonyl (C=O) groups excluding carboxylic acids is 2. The van der Waals surface area contributed by atoms with E-state index in [0.717, 1.165) is 12.8 Å². The second-order valence-corrected chi connectivity index (χ2v) is 7.22. The van der Waals surface area contributed by atoms with Crippen LogP contribution in [0.2, 0.25) is 5.02 Å². The Hall–Kier alpha value is -1.27. The first-order chi connectivity index (χ1) is 11.5. The van der Waals surface area contributed by atoms with Crippen LogP contribution in [0.5, 0.6) is 5.75 Å². The van der Waals surface area contributed by atoms with E-state index in [1.54, 1.807) is 25.1 Å². The zero-order chi connectivity index (χ0) is 17.5. The molecule has 1 aromatic rings. The molecule has 1 saturated carbocycles. The summed E-state index contributed by atoms with van der Waals surface area (Å²) in [6.07, 6.45) is 4.07. The number of halogens is 2. The van der Waals surface area contributed by atoms with Crippen LogP contribution in [0.25, 0.3) is 0 Å². The Balaban J connectivity index is 1.70. The average Bonchev–Trinajstić information content (AvgIpc) is 3.02. The van der Waals surface area contributed by atoms with E-state index in [-0.39, 0.29) is 18.2 Å². The summed E-state index contributed by atoms with van der Waals surface area (Å²) in [7, 11) is 0. The summed E-state index contributed by atoms with van der Waals surface area (Å²) in [4.78, 5) is 23.8. The number of nitrogens with one attached hydrogen (secondary N) is 2. The largest absolute Gasteiger partial charge is 0.480 e. The molecule has 2 N–H and O–H groups in total. The zero-order valence-electron chi connectivity index (χ0n) is 13.6. The van der Waals surface area contributed by atoms with Crippen molar-refractivity contribution in [3.05, 3.63) is 27.7 Å². The van der Waals surface area contributed by atoms with E-state index >= 15 is 0 Å². The summed E-state index contributed by atoms with van der Waals surface area (Å²) in [5, 5.41) is 6.30. The molecular weight excluding hydrogens is 396 g/mol. The van der Waals surface area contributed by atoms with E-state index in [2.05, 4.69) is 26.6 Å². The topological polar surface area (TPSA) is 67.4 Å². The van der Waals surface area contributed by atoms with Crippen LogP contribution in [0.1, 0.15) is 39.0 Å². The van der Waals surface area contributed by atoms with Gasteiger partial charge in [0.25, 0.3) is 5.91 Å². The van der Waals surface area contributed by atoms with Crippen LogP contribution in [0.4, 0.5) is 0 Å². The van der Waals surface area contributed by atoms with Gasteiger partial charge in [-0.1, -0.05) is 24.4 Å². The van der Waals surface area contributed by atoms with Gasteiger partial charge < -0.3 is 15.4 Å². The lowest BCUT2D eigenvalue weighted by Gasteiger charge is -2.16. The van der Waals surface area contributed by atoms with Gasteiger partial charge in [0.1, 0.15) is 5.75 Å². The number of hydrogen-bond acceptors (Lipinski definition) is 3. The van der Waals surface area contributed by atoms with Crippen molar-refractivity contribution >= 4 is 39.3 Å². The molecule has 0 aliphatic heterocycles. The Morgan fingerprint density at radius 1 is 1.38 bits per heavy atom. The minimum absolute atomic E-state index is 0.0174. The predicted molar refractivity (Wildman–Crippen MR) is 97.3 cm³/mol. The first-order valence-electron chi connectivity index (χ1n) is 8.14. The lowest BCUT2D eigenvalue weighted by atomic mass is 10.2. The summed E-state index contributed by atoms with van der Waals surface area (Å²) in [5.74, 6) is 0.266. The number of rotatable bonds is 7. The molecule has 24 heavy (non-hydrogen) atoms. The highest BCUT2D eigenvalue weighted by atomic mass is 79.9. The van der Waals surface area contributed by atoms with Gasteiger partial charge in [0.15, 0.2) is 6.10 Å². The smallest absolute Gasteiger partial charge is 0.260 e. The first-order valence-corrected chi connectivity index (χ1v) is 9.31. The van der Waals surface area contributed by atoms with Crippen molar-refractivity contribution in [3.63, 3.8) is 0 Å². The van der Waals surface area contributed by atoms with Crippen molar-refractivity contribution in [3.8, 4) is 5.75 Å². The molecular formula is C17H22BrClN2O3. The number of amides is 2. The molecule has 2 rings (SSSR count). The van der Waals surface area contributed by atoms with Gasteiger partial charge in [-0.3, -0.25) is 9.59 Å². The van der Waals surface area contributed by atoms with Crippen molar-refractivity contribution < 1.29 is 14.3 Å². The molecule has 5 nitrogen and oxygen atoms in total. The first kappa shape index (κ1) is 19.1. The number of carbonyl (C=O) groups is 2. The summed E-state index contributed by atoms with van der Waals surface area (Å²) >= 11 is 9.22. The Kier molecular flexibility index (Phi) is 7.37. The van der Waals surface area contributed by atoms with Crippen molar-refractivity contribution in [2.75, 3.05) is 6.54 Å². The molecule has 1 unspecified atom stereocenters. The monoisotopic (exact) mass is 416 g/mol. The summed E-state index contributed by atoms with van der Waals surface area (Å²) in [6, 6.07) is 5.40.